The van der Waals surface area contributed by atoms with Crippen LogP contribution in [0.4, 0.5) is 10.5 Å². The third kappa shape index (κ3) is 3.85. The predicted molar refractivity (Wildman–Crippen MR) is 115 cm³/mol. The van der Waals surface area contributed by atoms with E-state index in [4.69, 9.17) is 0 Å². The fraction of sp³-hybridized carbons (Fsp3) is 0.524. The highest BCUT2D eigenvalue weighted by Gasteiger charge is 2.42. The molecule has 7 heteroatoms. The summed E-state index contributed by atoms with van der Waals surface area (Å²) in [6.45, 7) is 4.31. The zero-order valence-electron chi connectivity index (χ0n) is 16.4. The van der Waals surface area contributed by atoms with E-state index in [9.17, 15) is 9.59 Å². The molecule has 1 aromatic carbocycles. The van der Waals surface area contributed by atoms with Crippen molar-refractivity contribution in [1.82, 2.24) is 15.2 Å². The van der Waals surface area contributed by atoms with Crippen molar-refractivity contribution >= 4 is 40.3 Å². The van der Waals surface area contributed by atoms with Gasteiger partial charge in [-0.05, 0) is 44.9 Å². The van der Waals surface area contributed by atoms with Gasteiger partial charge in [0.25, 0.3) is 0 Å². The number of hydrogen-bond donors (Lipinski definition) is 3. The van der Waals surface area contributed by atoms with E-state index in [1.54, 1.807) is 0 Å². The number of benzene rings is 1. The van der Waals surface area contributed by atoms with Gasteiger partial charge in [-0.2, -0.15) is 11.8 Å². The van der Waals surface area contributed by atoms with Gasteiger partial charge in [-0.25, -0.2) is 4.79 Å². The Morgan fingerprint density at radius 3 is 2.96 bits per heavy atom. The molecule has 0 saturated carbocycles. The standard InChI is InChI=1S/C21H28N4O2S/c1-13(2)25-11-10-14-15(6-5-7-17(14)25)22-19(26)9-4-3-8-18-20-16(12-28-18)23-21(27)24-20/h5-7,10-11,13,16,18,20H,3-4,8-9,12H2,1-2H3,(H,22,26)(H2,23,24,27)/t16-,18-,20+/m0/s1. The van der Waals surface area contributed by atoms with E-state index >= 15 is 0 Å². The molecule has 3 heterocycles. The number of unbranched alkanes of at least 4 members (excludes halogenated alkanes) is 1. The predicted octanol–water partition coefficient (Wildman–Crippen LogP) is 3.89. The van der Waals surface area contributed by atoms with E-state index in [-0.39, 0.29) is 24.0 Å². The van der Waals surface area contributed by atoms with E-state index in [0.717, 1.165) is 41.6 Å². The first kappa shape index (κ1) is 19.2. The number of aromatic nitrogens is 1. The fourth-order valence-electron chi connectivity index (χ4n) is 4.23. The van der Waals surface area contributed by atoms with E-state index in [1.807, 2.05) is 23.9 Å². The first-order valence-corrected chi connectivity index (χ1v) is 11.2. The van der Waals surface area contributed by atoms with Gasteiger partial charge in [-0.15, -0.1) is 0 Å². The third-order valence-electron chi connectivity index (χ3n) is 5.67. The molecule has 0 radical (unpaired) electrons. The molecular weight excluding hydrogens is 372 g/mol. The van der Waals surface area contributed by atoms with Crippen LogP contribution >= 0.6 is 11.8 Å². The number of carbonyl (C=O) groups excluding carboxylic acids is 2. The molecule has 0 aliphatic carbocycles. The molecule has 150 valence electrons. The molecule has 3 atom stereocenters. The molecule has 0 spiro atoms. The molecule has 0 unspecified atom stereocenters. The summed E-state index contributed by atoms with van der Waals surface area (Å²) < 4.78 is 2.22. The van der Waals surface area contributed by atoms with Crippen LogP contribution < -0.4 is 16.0 Å². The molecule has 6 nitrogen and oxygen atoms in total. The van der Waals surface area contributed by atoms with Crippen molar-refractivity contribution in [2.75, 3.05) is 11.1 Å². The summed E-state index contributed by atoms with van der Waals surface area (Å²) in [6, 6.07) is 8.98. The van der Waals surface area contributed by atoms with Crippen molar-refractivity contribution in [1.29, 1.82) is 0 Å². The molecule has 2 aliphatic rings. The minimum Gasteiger partial charge on any atom is -0.345 e. The van der Waals surface area contributed by atoms with Gasteiger partial charge in [0.1, 0.15) is 0 Å². The minimum atomic E-state index is -0.0415. The first-order valence-electron chi connectivity index (χ1n) is 10.1. The van der Waals surface area contributed by atoms with Crippen LogP contribution in [0.3, 0.4) is 0 Å². The van der Waals surface area contributed by atoms with Crippen LogP contribution in [0.1, 0.15) is 45.6 Å². The Morgan fingerprint density at radius 2 is 2.14 bits per heavy atom. The van der Waals surface area contributed by atoms with Gasteiger partial charge < -0.3 is 20.5 Å². The van der Waals surface area contributed by atoms with Crippen LogP contribution in [0.2, 0.25) is 0 Å². The lowest BCUT2D eigenvalue weighted by Gasteiger charge is -2.16. The first-order chi connectivity index (χ1) is 13.5. The molecule has 3 N–H and O–H groups in total. The van der Waals surface area contributed by atoms with Crippen molar-refractivity contribution in [2.24, 2.45) is 0 Å². The number of thioether (sulfide) groups is 1. The zero-order valence-corrected chi connectivity index (χ0v) is 17.2. The van der Waals surface area contributed by atoms with Crippen molar-refractivity contribution in [2.45, 2.75) is 62.9 Å². The Morgan fingerprint density at radius 1 is 1.29 bits per heavy atom. The Labute approximate surface area is 169 Å². The molecule has 2 aliphatic heterocycles. The van der Waals surface area contributed by atoms with Crippen molar-refractivity contribution < 1.29 is 9.59 Å². The maximum absolute atomic E-state index is 12.4. The number of urea groups is 1. The van der Waals surface area contributed by atoms with Gasteiger partial charge in [-0.1, -0.05) is 12.5 Å². The van der Waals surface area contributed by atoms with Crippen LogP contribution in [0.15, 0.2) is 30.5 Å². The Balaban J connectivity index is 1.26. The number of fused-ring (bicyclic) bond motifs is 2. The van der Waals surface area contributed by atoms with E-state index in [1.165, 1.54) is 0 Å². The highest BCUT2D eigenvalue weighted by Crippen LogP contribution is 2.33. The average molecular weight is 401 g/mol. The maximum Gasteiger partial charge on any atom is 0.315 e. The van der Waals surface area contributed by atoms with Gasteiger partial charge in [0.2, 0.25) is 5.91 Å². The summed E-state index contributed by atoms with van der Waals surface area (Å²) in [6.07, 6.45) is 5.50. The van der Waals surface area contributed by atoms with Gasteiger partial charge in [-0.3, -0.25) is 4.79 Å². The SMILES string of the molecule is CC(C)n1ccc2c(NC(=O)CCCC[C@@H]3SC[C@@H]4NC(=O)N[C@H]43)cccc21. The Bertz CT molecular complexity index is 878. The van der Waals surface area contributed by atoms with Crippen LogP contribution in [0.25, 0.3) is 10.9 Å². The largest absolute Gasteiger partial charge is 0.345 e. The highest BCUT2D eigenvalue weighted by atomic mass is 32.2. The van der Waals surface area contributed by atoms with Gasteiger partial charge >= 0.3 is 6.03 Å². The molecule has 2 aromatic rings. The van der Waals surface area contributed by atoms with E-state index < -0.39 is 0 Å². The number of amides is 3. The second-order valence-corrected chi connectivity index (χ2v) is 9.24. The van der Waals surface area contributed by atoms with Crippen molar-refractivity contribution in [3.05, 3.63) is 30.5 Å². The van der Waals surface area contributed by atoms with Crippen LogP contribution in [0.5, 0.6) is 0 Å². The second-order valence-electron chi connectivity index (χ2n) is 7.97. The summed E-state index contributed by atoms with van der Waals surface area (Å²) in [5.41, 5.74) is 2.03. The number of anilines is 1. The third-order valence-corrected chi connectivity index (χ3v) is 7.18. The number of nitrogens with zero attached hydrogens (tertiary/aromatic N) is 1. The molecule has 1 aromatic heterocycles. The summed E-state index contributed by atoms with van der Waals surface area (Å²) in [4.78, 5) is 23.9. The van der Waals surface area contributed by atoms with E-state index in [0.29, 0.717) is 17.7 Å². The normalized spacial score (nSPS) is 23.7. The second kappa shape index (κ2) is 8.07. The average Bonchev–Trinajstić information content (AvgIpc) is 3.33. The number of hydrogen-bond acceptors (Lipinski definition) is 3. The number of carbonyl (C=O) groups is 2. The van der Waals surface area contributed by atoms with E-state index in [2.05, 4.69) is 52.7 Å². The molecule has 3 amide bonds. The lowest BCUT2D eigenvalue weighted by Crippen LogP contribution is -2.36. The smallest absolute Gasteiger partial charge is 0.315 e. The van der Waals surface area contributed by atoms with Crippen molar-refractivity contribution in [3.63, 3.8) is 0 Å². The molecule has 28 heavy (non-hydrogen) atoms. The number of nitrogens with one attached hydrogen (secondary N) is 3. The molecule has 2 saturated heterocycles. The zero-order chi connectivity index (χ0) is 19.7. The molecule has 4 rings (SSSR count). The monoisotopic (exact) mass is 400 g/mol. The quantitative estimate of drug-likeness (QED) is 0.488. The highest BCUT2D eigenvalue weighted by molar-refractivity contribution is 8.00. The van der Waals surface area contributed by atoms with Crippen LogP contribution in [-0.4, -0.2) is 39.6 Å². The summed E-state index contributed by atoms with van der Waals surface area (Å²) in [5.74, 6) is 1.05. The van der Waals surface area contributed by atoms with Gasteiger partial charge in [0.05, 0.1) is 23.3 Å². The molecular formula is C21H28N4O2S. The molecule has 0 bridgehead atoms. The van der Waals surface area contributed by atoms with Gasteiger partial charge in [0.15, 0.2) is 0 Å². The summed E-state index contributed by atoms with van der Waals surface area (Å²) >= 11 is 1.92. The topological polar surface area (TPSA) is 75.2 Å². The summed E-state index contributed by atoms with van der Waals surface area (Å²) in [5, 5.41) is 10.6. The van der Waals surface area contributed by atoms with Gasteiger partial charge in [0, 0.05) is 35.0 Å². The summed E-state index contributed by atoms with van der Waals surface area (Å²) in [7, 11) is 0. The van der Waals surface area contributed by atoms with Crippen molar-refractivity contribution in [3.8, 4) is 0 Å². The Kier molecular flexibility index (Phi) is 5.53. The minimum absolute atomic E-state index is 0.0415. The van der Waals surface area contributed by atoms with Crippen LogP contribution in [0, 0.1) is 0 Å². The maximum atomic E-state index is 12.4. The lowest BCUT2D eigenvalue weighted by atomic mass is 10.0. The number of rotatable bonds is 7. The Hall–Kier alpha value is -2.15. The molecule has 2 fully saturated rings. The van der Waals surface area contributed by atoms with Crippen LogP contribution in [-0.2, 0) is 4.79 Å². The fourth-order valence-corrected chi connectivity index (χ4v) is 5.78. The lowest BCUT2D eigenvalue weighted by molar-refractivity contribution is -0.116.